The second kappa shape index (κ2) is 7.42. The van der Waals surface area contributed by atoms with E-state index in [1.54, 1.807) is 18.2 Å². The van der Waals surface area contributed by atoms with Gasteiger partial charge in [0.15, 0.2) is 0 Å². The largest absolute Gasteiger partial charge is 0.341 e. The topological polar surface area (TPSA) is 57.7 Å². The molecule has 1 aliphatic heterocycles. The van der Waals surface area contributed by atoms with E-state index in [1.807, 2.05) is 4.90 Å². The van der Waals surface area contributed by atoms with E-state index in [0.29, 0.717) is 37.6 Å². The Hall–Kier alpha value is -1.11. The van der Waals surface area contributed by atoms with Crippen molar-refractivity contribution >= 4 is 27.5 Å². The van der Waals surface area contributed by atoms with Crippen molar-refractivity contribution in [3.8, 4) is 0 Å². The molecule has 0 N–H and O–H groups in total. The number of hydrogen-bond donors (Lipinski definition) is 0. The molecule has 0 atom stereocenters. The molecule has 3 rings (SSSR count). The summed E-state index contributed by atoms with van der Waals surface area (Å²) in [5, 5.41) is 0.406. The standard InChI is InChI=1S/C17H23ClN2O3S/c18-15-7-3-8-16(13-15)24(22,23)20-10-4-9-19(11-12-20)17(21)14-5-1-2-6-14/h3,7-8,13-14H,1-2,4-6,9-12H2. The lowest BCUT2D eigenvalue weighted by Crippen LogP contribution is -2.39. The molecule has 0 spiro atoms. The first-order chi connectivity index (χ1) is 11.5. The predicted molar refractivity (Wildman–Crippen MR) is 93.4 cm³/mol. The first-order valence-corrected chi connectivity index (χ1v) is 10.3. The van der Waals surface area contributed by atoms with Gasteiger partial charge in [0.1, 0.15) is 0 Å². The molecule has 7 heteroatoms. The number of carbonyl (C=O) groups is 1. The van der Waals surface area contributed by atoms with Crippen LogP contribution in [0.25, 0.3) is 0 Å². The minimum absolute atomic E-state index is 0.140. The van der Waals surface area contributed by atoms with Gasteiger partial charge < -0.3 is 4.90 Å². The zero-order valence-electron chi connectivity index (χ0n) is 13.7. The van der Waals surface area contributed by atoms with Gasteiger partial charge in [0.25, 0.3) is 0 Å². The molecule has 1 heterocycles. The summed E-state index contributed by atoms with van der Waals surface area (Å²) in [4.78, 5) is 14.6. The average molecular weight is 371 g/mol. The minimum Gasteiger partial charge on any atom is -0.341 e. The van der Waals surface area contributed by atoms with Gasteiger partial charge in [-0.25, -0.2) is 8.42 Å². The lowest BCUT2D eigenvalue weighted by molar-refractivity contribution is -0.135. The molecule has 0 aromatic heterocycles. The molecule has 2 fully saturated rings. The van der Waals surface area contributed by atoms with Gasteiger partial charge in [-0.05, 0) is 37.5 Å². The molecule has 2 aliphatic rings. The van der Waals surface area contributed by atoms with Crippen molar-refractivity contribution in [2.75, 3.05) is 26.2 Å². The maximum Gasteiger partial charge on any atom is 0.243 e. The number of amides is 1. The monoisotopic (exact) mass is 370 g/mol. The van der Waals surface area contributed by atoms with Crippen LogP contribution in [0.4, 0.5) is 0 Å². The van der Waals surface area contributed by atoms with Crippen molar-refractivity contribution in [1.29, 1.82) is 0 Å². The van der Waals surface area contributed by atoms with Crippen molar-refractivity contribution in [2.45, 2.75) is 37.0 Å². The van der Waals surface area contributed by atoms with Gasteiger partial charge in [-0.1, -0.05) is 30.5 Å². The van der Waals surface area contributed by atoms with E-state index >= 15 is 0 Å². The maximum absolute atomic E-state index is 12.8. The molecule has 0 radical (unpaired) electrons. The Morgan fingerprint density at radius 3 is 2.50 bits per heavy atom. The van der Waals surface area contributed by atoms with Crippen molar-refractivity contribution in [2.24, 2.45) is 5.92 Å². The average Bonchev–Trinajstić information content (AvgIpc) is 2.98. The van der Waals surface area contributed by atoms with Gasteiger partial charge in [-0.3, -0.25) is 4.79 Å². The van der Waals surface area contributed by atoms with Crippen LogP contribution in [0.15, 0.2) is 29.2 Å². The Kier molecular flexibility index (Phi) is 5.47. The highest BCUT2D eigenvalue weighted by Crippen LogP contribution is 2.27. The van der Waals surface area contributed by atoms with Crippen molar-refractivity contribution in [3.63, 3.8) is 0 Å². The first kappa shape index (κ1) is 17.7. The van der Waals surface area contributed by atoms with E-state index in [4.69, 9.17) is 11.6 Å². The predicted octanol–water partition coefficient (Wildman–Crippen LogP) is 2.75. The molecule has 132 valence electrons. The first-order valence-electron chi connectivity index (χ1n) is 8.53. The molecule has 1 amide bonds. The number of carbonyl (C=O) groups excluding carboxylic acids is 1. The number of benzene rings is 1. The summed E-state index contributed by atoms with van der Waals surface area (Å²) < 4.78 is 27.1. The third-order valence-electron chi connectivity index (χ3n) is 4.90. The molecule has 1 aromatic carbocycles. The normalized spacial score (nSPS) is 21.0. The summed E-state index contributed by atoms with van der Waals surface area (Å²) >= 11 is 5.92. The molecule has 24 heavy (non-hydrogen) atoms. The fraction of sp³-hybridized carbons (Fsp3) is 0.588. The van der Waals surface area contributed by atoms with Crippen LogP contribution in [-0.2, 0) is 14.8 Å². The molecule has 5 nitrogen and oxygen atoms in total. The Bertz CT molecular complexity index is 702. The smallest absolute Gasteiger partial charge is 0.243 e. The lowest BCUT2D eigenvalue weighted by atomic mass is 10.1. The van der Waals surface area contributed by atoms with Crippen LogP contribution in [-0.4, -0.2) is 49.7 Å². The fourth-order valence-electron chi connectivity index (χ4n) is 3.56. The number of nitrogens with zero attached hydrogens (tertiary/aromatic N) is 2. The van der Waals surface area contributed by atoms with Gasteiger partial charge in [0, 0.05) is 37.1 Å². The molecule has 0 unspecified atom stereocenters. The highest BCUT2D eigenvalue weighted by Gasteiger charge is 2.31. The SMILES string of the molecule is O=C(C1CCCC1)N1CCCN(S(=O)(=O)c2cccc(Cl)c2)CC1. The van der Waals surface area contributed by atoms with Crippen LogP contribution in [0.2, 0.25) is 5.02 Å². The highest BCUT2D eigenvalue weighted by molar-refractivity contribution is 7.89. The molecule has 1 saturated heterocycles. The third-order valence-corrected chi connectivity index (χ3v) is 7.03. The molecular formula is C17H23ClN2O3S. The maximum atomic E-state index is 12.8. The Labute approximate surface area is 148 Å². The van der Waals surface area contributed by atoms with Crippen molar-refractivity contribution < 1.29 is 13.2 Å². The molecule has 0 bridgehead atoms. The summed E-state index contributed by atoms with van der Waals surface area (Å²) in [5.74, 6) is 0.343. The van der Waals surface area contributed by atoms with Crippen LogP contribution in [0.5, 0.6) is 0 Å². The van der Waals surface area contributed by atoms with Crippen LogP contribution in [0, 0.1) is 5.92 Å². The second-order valence-electron chi connectivity index (χ2n) is 6.52. The summed E-state index contributed by atoms with van der Waals surface area (Å²) in [6.07, 6.45) is 4.86. The number of halogens is 1. The molecular weight excluding hydrogens is 348 g/mol. The van der Waals surface area contributed by atoms with E-state index < -0.39 is 10.0 Å². The fourth-order valence-corrected chi connectivity index (χ4v) is 5.33. The quantitative estimate of drug-likeness (QED) is 0.822. The van der Waals surface area contributed by atoms with Crippen LogP contribution < -0.4 is 0 Å². The zero-order chi connectivity index (χ0) is 17.2. The second-order valence-corrected chi connectivity index (χ2v) is 8.90. The summed E-state index contributed by atoms with van der Waals surface area (Å²) in [7, 11) is -3.57. The van der Waals surface area contributed by atoms with Gasteiger partial charge in [0.2, 0.25) is 15.9 Å². The third kappa shape index (κ3) is 3.76. The highest BCUT2D eigenvalue weighted by atomic mass is 35.5. The van der Waals surface area contributed by atoms with E-state index in [2.05, 4.69) is 0 Å². The zero-order valence-corrected chi connectivity index (χ0v) is 15.2. The Morgan fingerprint density at radius 1 is 1.04 bits per heavy atom. The molecule has 1 aromatic rings. The number of hydrogen-bond acceptors (Lipinski definition) is 3. The molecule has 1 aliphatic carbocycles. The Balaban J connectivity index is 1.69. The molecule has 1 saturated carbocycles. The van der Waals surface area contributed by atoms with Crippen LogP contribution >= 0.6 is 11.6 Å². The summed E-state index contributed by atoms with van der Waals surface area (Å²) in [5.41, 5.74) is 0. The van der Waals surface area contributed by atoms with Gasteiger partial charge in [-0.2, -0.15) is 4.31 Å². The number of sulfonamides is 1. The van der Waals surface area contributed by atoms with E-state index in [0.717, 1.165) is 25.7 Å². The van der Waals surface area contributed by atoms with Gasteiger partial charge >= 0.3 is 0 Å². The van der Waals surface area contributed by atoms with Gasteiger partial charge in [0.05, 0.1) is 4.90 Å². The van der Waals surface area contributed by atoms with Gasteiger partial charge in [-0.15, -0.1) is 0 Å². The van der Waals surface area contributed by atoms with Crippen molar-refractivity contribution in [3.05, 3.63) is 29.3 Å². The summed E-state index contributed by atoms with van der Waals surface area (Å²) in [6, 6.07) is 6.34. The summed E-state index contributed by atoms with van der Waals surface area (Å²) in [6.45, 7) is 1.88. The van der Waals surface area contributed by atoms with Crippen molar-refractivity contribution in [1.82, 2.24) is 9.21 Å². The lowest BCUT2D eigenvalue weighted by Gasteiger charge is -2.24. The Morgan fingerprint density at radius 2 is 1.79 bits per heavy atom. The van der Waals surface area contributed by atoms with E-state index in [9.17, 15) is 13.2 Å². The van der Waals surface area contributed by atoms with Crippen LogP contribution in [0.3, 0.4) is 0 Å². The van der Waals surface area contributed by atoms with E-state index in [1.165, 1.54) is 10.4 Å². The van der Waals surface area contributed by atoms with E-state index in [-0.39, 0.29) is 16.7 Å². The number of rotatable bonds is 3. The van der Waals surface area contributed by atoms with Crippen LogP contribution in [0.1, 0.15) is 32.1 Å². The minimum atomic E-state index is -3.57.